The molecule has 0 unspecified atom stereocenters. The molecule has 1 fully saturated rings. The second-order valence-corrected chi connectivity index (χ2v) is 4.69. The Bertz CT molecular complexity index is 625. The molecule has 3 rings (SSSR count). The Hall–Kier alpha value is -2.50. The molecule has 1 amide bonds. The van der Waals surface area contributed by atoms with Crippen LogP contribution in [0.15, 0.2) is 36.4 Å². The molecule has 1 saturated carbocycles. The summed E-state index contributed by atoms with van der Waals surface area (Å²) in [5.41, 5.74) is 0.858. The first-order valence-corrected chi connectivity index (χ1v) is 6.38. The number of hydrogen-bond donors (Lipinski definition) is 2. The Balaban J connectivity index is 1.67. The number of carbonyl (C=O) groups is 1. The van der Waals surface area contributed by atoms with E-state index in [1.807, 2.05) is 0 Å². The van der Waals surface area contributed by atoms with Crippen LogP contribution in [0, 0.1) is 5.82 Å². The van der Waals surface area contributed by atoms with E-state index in [9.17, 15) is 9.18 Å². The van der Waals surface area contributed by atoms with Gasteiger partial charge < -0.3 is 10.6 Å². The van der Waals surface area contributed by atoms with Crippen LogP contribution in [0.1, 0.15) is 23.3 Å². The Labute approximate surface area is 115 Å². The predicted molar refractivity (Wildman–Crippen MR) is 72.2 cm³/mol. The Morgan fingerprint density at radius 1 is 1.20 bits per heavy atom. The number of aromatic nitrogens is 2. The second kappa shape index (κ2) is 5.24. The summed E-state index contributed by atoms with van der Waals surface area (Å²) in [4.78, 5) is 11.7. The molecule has 2 aromatic rings. The van der Waals surface area contributed by atoms with E-state index in [4.69, 9.17) is 0 Å². The zero-order valence-corrected chi connectivity index (χ0v) is 10.6. The number of carbonyl (C=O) groups excluding carboxylic acids is 1. The zero-order valence-electron chi connectivity index (χ0n) is 10.6. The van der Waals surface area contributed by atoms with E-state index >= 15 is 0 Å². The monoisotopic (exact) mass is 272 g/mol. The molecule has 0 saturated heterocycles. The van der Waals surface area contributed by atoms with Crippen molar-refractivity contribution in [2.45, 2.75) is 18.9 Å². The van der Waals surface area contributed by atoms with E-state index in [0.717, 1.165) is 12.8 Å². The molecule has 0 atom stereocenters. The minimum atomic E-state index is -0.330. The van der Waals surface area contributed by atoms with E-state index < -0.39 is 0 Å². The van der Waals surface area contributed by atoms with E-state index in [1.54, 1.807) is 24.3 Å². The predicted octanol–water partition coefficient (Wildman–Crippen LogP) is 2.25. The van der Waals surface area contributed by atoms with Crippen molar-refractivity contribution in [1.29, 1.82) is 0 Å². The molecule has 1 aromatic heterocycles. The van der Waals surface area contributed by atoms with Gasteiger partial charge in [-0.25, -0.2) is 4.39 Å². The van der Waals surface area contributed by atoms with E-state index in [-0.39, 0.29) is 23.5 Å². The Kier molecular flexibility index (Phi) is 3.28. The molecule has 2 N–H and O–H groups in total. The summed E-state index contributed by atoms with van der Waals surface area (Å²) in [5.74, 6) is -0.0840. The van der Waals surface area contributed by atoms with Gasteiger partial charge in [-0.3, -0.25) is 4.79 Å². The standard InChI is InChI=1S/C14H13FN4O/c15-9-2-1-3-11(8-9)16-13-7-6-12(18-19-13)14(20)17-10-4-5-10/h1-3,6-8,10H,4-5H2,(H,16,19)(H,17,20). The van der Waals surface area contributed by atoms with Gasteiger partial charge in [0.15, 0.2) is 11.5 Å². The molecule has 5 nitrogen and oxygen atoms in total. The molecule has 0 spiro atoms. The summed E-state index contributed by atoms with van der Waals surface area (Å²) < 4.78 is 13.0. The van der Waals surface area contributed by atoms with Crippen LogP contribution in [-0.4, -0.2) is 22.1 Å². The lowest BCUT2D eigenvalue weighted by molar-refractivity contribution is 0.0945. The fraction of sp³-hybridized carbons (Fsp3) is 0.214. The molecule has 1 aliphatic rings. The van der Waals surface area contributed by atoms with Crippen LogP contribution in [-0.2, 0) is 0 Å². The number of nitrogens with one attached hydrogen (secondary N) is 2. The quantitative estimate of drug-likeness (QED) is 0.895. The Morgan fingerprint density at radius 3 is 2.70 bits per heavy atom. The van der Waals surface area contributed by atoms with Gasteiger partial charge in [-0.2, -0.15) is 0 Å². The average Bonchev–Trinajstić information content (AvgIpc) is 3.23. The third kappa shape index (κ3) is 3.09. The topological polar surface area (TPSA) is 66.9 Å². The molecule has 0 aliphatic heterocycles. The Morgan fingerprint density at radius 2 is 2.05 bits per heavy atom. The molecule has 20 heavy (non-hydrogen) atoms. The largest absolute Gasteiger partial charge is 0.348 e. The molecule has 0 radical (unpaired) electrons. The maximum atomic E-state index is 13.0. The van der Waals surface area contributed by atoms with Gasteiger partial charge in [-0.1, -0.05) is 6.07 Å². The van der Waals surface area contributed by atoms with Gasteiger partial charge in [0.2, 0.25) is 0 Å². The number of halogens is 1. The SMILES string of the molecule is O=C(NC1CC1)c1ccc(Nc2cccc(F)c2)nn1. The fourth-order valence-electron chi connectivity index (χ4n) is 1.72. The molecule has 1 aromatic carbocycles. The molecule has 6 heteroatoms. The van der Waals surface area contributed by atoms with Crippen molar-refractivity contribution >= 4 is 17.4 Å². The van der Waals surface area contributed by atoms with E-state index in [2.05, 4.69) is 20.8 Å². The molecule has 1 heterocycles. The van der Waals surface area contributed by atoms with Gasteiger partial charge in [0.25, 0.3) is 5.91 Å². The van der Waals surface area contributed by atoms with Crippen LogP contribution < -0.4 is 10.6 Å². The first-order valence-electron chi connectivity index (χ1n) is 6.38. The van der Waals surface area contributed by atoms with E-state index in [0.29, 0.717) is 11.5 Å². The third-order valence-electron chi connectivity index (χ3n) is 2.91. The molecular weight excluding hydrogens is 259 g/mol. The van der Waals surface area contributed by atoms with Crippen molar-refractivity contribution in [2.75, 3.05) is 5.32 Å². The van der Waals surface area contributed by atoms with E-state index in [1.165, 1.54) is 12.1 Å². The summed E-state index contributed by atoms with van der Waals surface area (Å²) in [6.45, 7) is 0. The highest BCUT2D eigenvalue weighted by Gasteiger charge is 2.24. The van der Waals surface area contributed by atoms with Gasteiger partial charge >= 0.3 is 0 Å². The zero-order chi connectivity index (χ0) is 13.9. The lowest BCUT2D eigenvalue weighted by Crippen LogP contribution is -2.26. The van der Waals surface area contributed by atoms with Crippen molar-refractivity contribution in [2.24, 2.45) is 0 Å². The summed E-state index contributed by atoms with van der Waals surface area (Å²) in [7, 11) is 0. The maximum absolute atomic E-state index is 13.0. The number of anilines is 2. The van der Waals surface area contributed by atoms with Crippen LogP contribution in [0.25, 0.3) is 0 Å². The summed E-state index contributed by atoms with van der Waals surface area (Å²) in [5, 5.41) is 13.5. The highest BCUT2D eigenvalue weighted by molar-refractivity contribution is 5.92. The number of hydrogen-bond acceptors (Lipinski definition) is 4. The van der Waals surface area contributed by atoms with Crippen LogP contribution in [0.4, 0.5) is 15.9 Å². The first kappa shape index (κ1) is 12.5. The number of benzene rings is 1. The van der Waals surface area contributed by atoms with Gasteiger partial charge in [0.05, 0.1) is 0 Å². The van der Waals surface area contributed by atoms with Crippen molar-refractivity contribution in [3.05, 3.63) is 47.9 Å². The normalized spacial score (nSPS) is 13.8. The maximum Gasteiger partial charge on any atom is 0.272 e. The number of amides is 1. The second-order valence-electron chi connectivity index (χ2n) is 4.69. The van der Waals surface area contributed by atoms with Crippen LogP contribution >= 0.6 is 0 Å². The van der Waals surface area contributed by atoms with Crippen LogP contribution in [0.3, 0.4) is 0 Å². The fourth-order valence-corrected chi connectivity index (χ4v) is 1.72. The van der Waals surface area contributed by atoms with Gasteiger partial charge in [-0.15, -0.1) is 10.2 Å². The highest BCUT2D eigenvalue weighted by atomic mass is 19.1. The van der Waals surface area contributed by atoms with Crippen molar-refractivity contribution in [1.82, 2.24) is 15.5 Å². The van der Waals surface area contributed by atoms with Crippen molar-refractivity contribution in [3.63, 3.8) is 0 Å². The number of nitrogens with zero attached hydrogens (tertiary/aromatic N) is 2. The minimum Gasteiger partial charge on any atom is -0.348 e. The lowest BCUT2D eigenvalue weighted by atomic mass is 10.3. The molecule has 0 bridgehead atoms. The lowest BCUT2D eigenvalue weighted by Gasteiger charge is -2.06. The van der Waals surface area contributed by atoms with Crippen molar-refractivity contribution < 1.29 is 9.18 Å². The van der Waals surface area contributed by atoms with Crippen LogP contribution in [0.5, 0.6) is 0 Å². The average molecular weight is 272 g/mol. The van der Waals surface area contributed by atoms with Gasteiger partial charge in [0, 0.05) is 11.7 Å². The highest BCUT2D eigenvalue weighted by Crippen LogP contribution is 2.19. The summed E-state index contributed by atoms with van der Waals surface area (Å²) >= 11 is 0. The van der Waals surface area contributed by atoms with Crippen molar-refractivity contribution in [3.8, 4) is 0 Å². The van der Waals surface area contributed by atoms with Gasteiger partial charge in [-0.05, 0) is 43.2 Å². The first-order chi connectivity index (χ1) is 9.70. The molecule has 1 aliphatic carbocycles. The summed E-state index contributed by atoms with van der Waals surface area (Å²) in [6.07, 6.45) is 2.05. The summed E-state index contributed by atoms with van der Waals surface area (Å²) in [6, 6.07) is 9.55. The van der Waals surface area contributed by atoms with Gasteiger partial charge in [0.1, 0.15) is 5.82 Å². The smallest absolute Gasteiger partial charge is 0.272 e. The third-order valence-corrected chi connectivity index (χ3v) is 2.91. The minimum absolute atomic E-state index is 0.211. The molecular formula is C14H13FN4O. The van der Waals surface area contributed by atoms with Crippen LogP contribution in [0.2, 0.25) is 0 Å². The molecule has 102 valence electrons. The number of rotatable bonds is 4.